The number of aromatic nitrogens is 1. The summed E-state index contributed by atoms with van der Waals surface area (Å²) in [6.45, 7) is 4.30. The molecule has 1 aromatic heterocycles. The molecule has 166 valence electrons. The van der Waals surface area contributed by atoms with Gasteiger partial charge in [-0.2, -0.15) is 13.2 Å². The topological polar surface area (TPSA) is 61.8 Å². The van der Waals surface area contributed by atoms with Crippen molar-refractivity contribution in [3.05, 3.63) is 23.9 Å². The summed E-state index contributed by atoms with van der Waals surface area (Å²) in [5, 5.41) is 6.49. The lowest BCUT2D eigenvalue weighted by Crippen LogP contribution is -2.45. The van der Waals surface area contributed by atoms with Gasteiger partial charge in [0.1, 0.15) is 0 Å². The molecule has 10 heteroatoms. The number of likely N-dealkylation sites (tertiary alicyclic amines) is 1. The summed E-state index contributed by atoms with van der Waals surface area (Å²) < 4.78 is 41.0. The van der Waals surface area contributed by atoms with E-state index in [0.717, 1.165) is 25.2 Å². The van der Waals surface area contributed by atoms with Crippen LogP contribution in [0.25, 0.3) is 0 Å². The Morgan fingerprint density at radius 2 is 2.10 bits per heavy atom. The van der Waals surface area contributed by atoms with Crippen molar-refractivity contribution in [1.82, 2.24) is 20.5 Å². The van der Waals surface area contributed by atoms with E-state index in [-0.39, 0.29) is 29.9 Å². The van der Waals surface area contributed by atoms with E-state index in [2.05, 4.69) is 37.2 Å². The standard InChI is InChI=1S/C19H30F3N5O.HI/c1-3-16-6-4-5-10-27(16)11-9-24-18(23-2)26-13-15-7-8-17(25-12-15)28-14-19(20,21)22;/h7-8,12,16H,3-6,9-11,13-14H2,1-2H3,(H2,23,24,26);1H. The van der Waals surface area contributed by atoms with E-state index in [4.69, 9.17) is 0 Å². The van der Waals surface area contributed by atoms with Crippen LogP contribution in [-0.4, -0.2) is 61.4 Å². The molecule has 1 atom stereocenters. The molecule has 1 saturated heterocycles. The second-order valence-corrected chi connectivity index (χ2v) is 6.85. The Labute approximate surface area is 187 Å². The number of piperidine rings is 1. The monoisotopic (exact) mass is 529 g/mol. The lowest BCUT2D eigenvalue weighted by Gasteiger charge is -2.35. The number of alkyl halides is 3. The third-order valence-corrected chi connectivity index (χ3v) is 4.78. The van der Waals surface area contributed by atoms with Crippen LogP contribution in [0.2, 0.25) is 0 Å². The molecule has 2 rings (SSSR count). The number of hydrogen-bond donors (Lipinski definition) is 2. The average molecular weight is 529 g/mol. The minimum absolute atomic E-state index is 0. The number of aliphatic imine (C=N–C) groups is 1. The zero-order valence-corrected chi connectivity index (χ0v) is 19.3. The smallest absolute Gasteiger partial charge is 0.422 e. The predicted molar refractivity (Wildman–Crippen MR) is 119 cm³/mol. The Bertz CT molecular complexity index is 613. The van der Waals surface area contributed by atoms with Crippen molar-refractivity contribution in [3.63, 3.8) is 0 Å². The molecule has 0 radical (unpaired) electrons. The quantitative estimate of drug-likeness (QED) is 0.307. The van der Waals surface area contributed by atoms with Crippen LogP contribution in [0.4, 0.5) is 13.2 Å². The normalized spacial score (nSPS) is 18.1. The summed E-state index contributed by atoms with van der Waals surface area (Å²) in [5.74, 6) is 0.637. The summed E-state index contributed by atoms with van der Waals surface area (Å²) in [6.07, 6.45) is 2.16. The summed E-state index contributed by atoms with van der Waals surface area (Å²) in [5.41, 5.74) is 0.824. The molecule has 1 aliphatic rings. The number of nitrogens with zero attached hydrogens (tertiary/aromatic N) is 3. The van der Waals surface area contributed by atoms with Crippen molar-refractivity contribution < 1.29 is 17.9 Å². The molecule has 2 N–H and O–H groups in total. The molecule has 0 spiro atoms. The van der Waals surface area contributed by atoms with E-state index in [9.17, 15) is 13.2 Å². The number of ether oxygens (including phenoxy) is 1. The van der Waals surface area contributed by atoms with Gasteiger partial charge in [-0.05, 0) is 31.4 Å². The summed E-state index contributed by atoms with van der Waals surface area (Å²) in [6, 6.07) is 3.79. The van der Waals surface area contributed by atoms with Gasteiger partial charge < -0.3 is 15.4 Å². The van der Waals surface area contributed by atoms with Crippen molar-refractivity contribution in [3.8, 4) is 5.88 Å². The van der Waals surface area contributed by atoms with Crippen molar-refractivity contribution in [2.75, 3.05) is 33.3 Å². The van der Waals surface area contributed by atoms with Crippen LogP contribution in [0, 0.1) is 0 Å². The molecule has 6 nitrogen and oxygen atoms in total. The Hall–Kier alpha value is -1.30. The zero-order valence-electron chi connectivity index (χ0n) is 17.0. The van der Waals surface area contributed by atoms with Gasteiger partial charge in [-0.3, -0.25) is 9.89 Å². The Morgan fingerprint density at radius 3 is 2.72 bits per heavy atom. The maximum absolute atomic E-state index is 12.1. The first-order valence-corrected chi connectivity index (χ1v) is 9.74. The minimum atomic E-state index is -4.37. The molecule has 0 amide bonds. The highest BCUT2D eigenvalue weighted by Gasteiger charge is 2.28. The fraction of sp³-hybridized carbons (Fsp3) is 0.684. The van der Waals surface area contributed by atoms with Crippen molar-refractivity contribution in [1.29, 1.82) is 0 Å². The first-order chi connectivity index (χ1) is 13.4. The highest BCUT2D eigenvalue weighted by molar-refractivity contribution is 14.0. The number of guanidine groups is 1. The molecular weight excluding hydrogens is 498 g/mol. The van der Waals surface area contributed by atoms with E-state index in [1.165, 1.54) is 37.9 Å². The number of halogens is 4. The number of nitrogens with one attached hydrogen (secondary N) is 2. The van der Waals surface area contributed by atoms with Crippen LogP contribution >= 0.6 is 24.0 Å². The fourth-order valence-electron chi connectivity index (χ4n) is 3.30. The highest BCUT2D eigenvalue weighted by atomic mass is 127. The number of hydrogen-bond acceptors (Lipinski definition) is 4. The molecular formula is C19H31F3IN5O. The van der Waals surface area contributed by atoms with E-state index in [1.54, 1.807) is 13.1 Å². The largest absolute Gasteiger partial charge is 0.468 e. The van der Waals surface area contributed by atoms with Crippen molar-refractivity contribution in [2.45, 2.75) is 51.4 Å². The van der Waals surface area contributed by atoms with E-state index < -0.39 is 12.8 Å². The van der Waals surface area contributed by atoms with Gasteiger partial charge >= 0.3 is 6.18 Å². The predicted octanol–water partition coefficient (Wildman–Crippen LogP) is 3.57. The summed E-state index contributed by atoms with van der Waals surface area (Å²) >= 11 is 0. The van der Waals surface area contributed by atoms with Crippen molar-refractivity contribution >= 4 is 29.9 Å². The molecule has 0 aliphatic carbocycles. The number of pyridine rings is 1. The van der Waals surface area contributed by atoms with Crippen LogP contribution in [0.5, 0.6) is 5.88 Å². The van der Waals surface area contributed by atoms with Crippen LogP contribution in [0.1, 0.15) is 38.2 Å². The highest BCUT2D eigenvalue weighted by Crippen LogP contribution is 2.18. The van der Waals surface area contributed by atoms with E-state index in [1.807, 2.05) is 0 Å². The van der Waals surface area contributed by atoms with Gasteiger partial charge in [-0.25, -0.2) is 4.98 Å². The molecule has 0 aromatic carbocycles. The van der Waals surface area contributed by atoms with Gasteiger partial charge in [0.25, 0.3) is 0 Å². The summed E-state index contributed by atoms with van der Waals surface area (Å²) in [7, 11) is 1.71. The molecule has 0 bridgehead atoms. The maximum Gasteiger partial charge on any atom is 0.422 e. The van der Waals surface area contributed by atoms with Gasteiger partial charge in [0.15, 0.2) is 12.6 Å². The van der Waals surface area contributed by atoms with Crippen LogP contribution < -0.4 is 15.4 Å². The van der Waals surface area contributed by atoms with E-state index >= 15 is 0 Å². The molecule has 2 heterocycles. The third-order valence-electron chi connectivity index (χ3n) is 4.78. The first-order valence-electron chi connectivity index (χ1n) is 9.74. The first kappa shape index (κ1) is 25.7. The average Bonchev–Trinajstić information content (AvgIpc) is 2.69. The fourth-order valence-corrected chi connectivity index (χ4v) is 3.30. The minimum Gasteiger partial charge on any atom is -0.468 e. The zero-order chi connectivity index (χ0) is 20.4. The number of rotatable bonds is 8. The lowest BCUT2D eigenvalue weighted by molar-refractivity contribution is -0.154. The molecule has 1 unspecified atom stereocenters. The van der Waals surface area contributed by atoms with Crippen LogP contribution in [0.15, 0.2) is 23.3 Å². The Morgan fingerprint density at radius 1 is 1.31 bits per heavy atom. The molecule has 1 aliphatic heterocycles. The van der Waals surface area contributed by atoms with Gasteiger partial charge in [-0.1, -0.05) is 19.4 Å². The lowest BCUT2D eigenvalue weighted by atomic mass is 10.0. The molecule has 29 heavy (non-hydrogen) atoms. The SMILES string of the molecule is CCC1CCCCN1CCNC(=NC)NCc1ccc(OCC(F)(F)F)nc1.I. The van der Waals surface area contributed by atoms with Gasteiger partial charge in [0, 0.05) is 45.0 Å². The Balaban J connectivity index is 0.00000420. The maximum atomic E-state index is 12.1. The Kier molecular flexibility index (Phi) is 11.6. The molecule has 1 fully saturated rings. The van der Waals surface area contributed by atoms with Crippen molar-refractivity contribution in [2.24, 2.45) is 4.99 Å². The third kappa shape index (κ3) is 9.83. The summed E-state index contributed by atoms with van der Waals surface area (Å²) in [4.78, 5) is 10.6. The van der Waals surface area contributed by atoms with E-state index in [0.29, 0.717) is 18.5 Å². The van der Waals surface area contributed by atoms with Gasteiger partial charge in [0.05, 0.1) is 0 Å². The van der Waals surface area contributed by atoms with Gasteiger partial charge in [0.2, 0.25) is 5.88 Å². The van der Waals surface area contributed by atoms with Crippen LogP contribution in [0.3, 0.4) is 0 Å². The molecule has 0 saturated carbocycles. The second kappa shape index (κ2) is 13.1. The second-order valence-electron chi connectivity index (χ2n) is 6.85. The molecule has 1 aromatic rings. The van der Waals surface area contributed by atoms with Crippen LogP contribution in [-0.2, 0) is 6.54 Å². The van der Waals surface area contributed by atoms with Gasteiger partial charge in [-0.15, -0.1) is 24.0 Å².